The van der Waals surface area contributed by atoms with Crippen molar-refractivity contribution in [1.29, 1.82) is 0 Å². The van der Waals surface area contributed by atoms with Crippen LogP contribution in [0.5, 0.6) is 0 Å². The predicted octanol–water partition coefficient (Wildman–Crippen LogP) is 5.07. The summed E-state index contributed by atoms with van der Waals surface area (Å²) in [6.07, 6.45) is -0.299. The van der Waals surface area contributed by atoms with Gasteiger partial charge in [-0.3, -0.25) is 9.59 Å². The van der Waals surface area contributed by atoms with Crippen LogP contribution in [0.4, 0.5) is 10.5 Å². The van der Waals surface area contributed by atoms with Crippen LogP contribution in [-0.4, -0.2) is 52.7 Å². The molecule has 3 amide bonds. The minimum Gasteiger partial charge on any atom is -0.444 e. The highest BCUT2D eigenvalue weighted by Gasteiger charge is 2.37. The van der Waals surface area contributed by atoms with E-state index in [0.29, 0.717) is 22.7 Å². The van der Waals surface area contributed by atoms with E-state index in [4.69, 9.17) is 16.3 Å². The Morgan fingerprint density at radius 2 is 1.59 bits per heavy atom. The molecule has 2 aromatic carbocycles. The minimum absolute atomic E-state index is 0.207. The van der Waals surface area contributed by atoms with E-state index in [9.17, 15) is 19.5 Å². The molecule has 0 radical (unpaired) electrons. The van der Waals surface area contributed by atoms with Crippen LogP contribution < -0.4 is 10.6 Å². The third-order valence-electron chi connectivity index (χ3n) is 5.76. The number of para-hydroxylation sites is 1. The van der Waals surface area contributed by atoms with E-state index in [1.165, 1.54) is 4.90 Å². The van der Waals surface area contributed by atoms with Crippen molar-refractivity contribution in [1.82, 2.24) is 10.2 Å². The number of aliphatic hydroxyl groups excluding tert-OH is 1. The van der Waals surface area contributed by atoms with Gasteiger partial charge in [-0.25, -0.2) is 4.79 Å². The zero-order valence-electron chi connectivity index (χ0n) is 22.6. The number of halogens is 1. The summed E-state index contributed by atoms with van der Waals surface area (Å²) in [4.78, 5) is 41.5. The molecule has 0 spiro atoms. The molecule has 3 N–H and O–H groups in total. The van der Waals surface area contributed by atoms with Crippen LogP contribution in [0, 0.1) is 20.8 Å². The van der Waals surface area contributed by atoms with Crippen LogP contribution in [0.3, 0.4) is 0 Å². The monoisotopic (exact) mass is 531 g/mol. The van der Waals surface area contributed by atoms with Crippen molar-refractivity contribution in [2.75, 3.05) is 18.5 Å². The van der Waals surface area contributed by atoms with Crippen molar-refractivity contribution in [3.05, 3.63) is 63.7 Å². The molecule has 9 heteroatoms. The zero-order chi connectivity index (χ0) is 27.9. The van der Waals surface area contributed by atoms with Gasteiger partial charge in [0, 0.05) is 6.54 Å². The number of rotatable bonds is 9. The van der Waals surface area contributed by atoms with Gasteiger partial charge in [-0.1, -0.05) is 48.9 Å². The van der Waals surface area contributed by atoms with Gasteiger partial charge in [0.15, 0.2) is 0 Å². The van der Waals surface area contributed by atoms with Gasteiger partial charge in [0.1, 0.15) is 17.7 Å². The van der Waals surface area contributed by atoms with Gasteiger partial charge in [-0.05, 0) is 76.3 Å². The molecule has 0 saturated heterocycles. The summed E-state index contributed by atoms with van der Waals surface area (Å²) >= 11 is 6.38. The fraction of sp³-hybridized carbons (Fsp3) is 0.464. The van der Waals surface area contributed by atoms with E-state index in [2.05, 4.69) is 10.6 Å². The molecule has 2 aromatic rings. The van der Waals surface area contributed by atoms with Crippen LogP contribution in [0.1, 0.15) is 62.4 Å². The Morgan fingerprint density at radius 1 is 1.03 bits per heavy atom. The lowest BCUT2D eigenvalue weighted by molar-refractivity contribution is -0.141. The number of aryl methyl sites for hydroxylation is 3. The lowest BCUT2D eigenvalue weighted by atomic mass is 9.93. The van der Waals surface area contributed by atoms with Gasteiger partial charge in [0.05, 0.1) is 17.3 Å². The first-order valence-corrected chi connectivity index (χ1v) is 12.7. The number of benzene rings is 2. The first-order chi connectivity index (χ1) is 17.3. The summed E-state index contributed by atoms with van der Waals surface area (Å²) in [6, 6.07) is 8.59. The molecule has 0 bridgehead atoms. The van der Waals surface area contributed by atoms with Crippen LogP contribution in [-0.2, 0) is 14.3 Å². The second-order valence-corrected chi connectivity index (χ2v) is 10.4. The summed E-state index contributed by atoms with van der Waals surface area (Å²) in [6.45, 7) is 12.1. The Morgan fingerprint density at radius 3 is 2.11 bits per heavy atom. The number of amides is 3. The van der Waals surface area contributed by atoms with Crippen molar-refractivity contribution >= 4 is 35.2 Å². The standard InChI is InChI=1S/C28H38ClN3O5/c1-8-15-32(26(35)21(16-33)30-27(36)37-28(5,6)7)24(22-17(2)11-9-12-18(22)3)25(34)31-23-19(4)13-10-14-20(23)29/h9-14,21,24,33H,8,15-16H2,1-7H3,(H,30,36)(H,31,34). The summed E-state index contributed by atoms with van der Waals surface area (Å²) in [7, 11) is 0. The third kappa shape index (κ3) is 7.94. The predicted molar refractivity (Wildman–Crippen MR) is 146 cm³/mol. The highest BCUT2D eigenvalue weighted by Crippen LogP contribution is 2.32. The highest BCUT2D eigenvalue weighted by atomic mass is 35.5. The SMILES string of the molecule is CCCN(C(=O)C(CO)NC(=O)OC(C)(C)C)C(C(=O)Nc1c(C)cccc1Cl)c1c(C)cccc1C. The number of alkyl carbamates (subject to hydrolysis) is 1. The molecule has 2 atom stereocenters. The van der Waals surface area contributed by atoms with Crippen LogP contribution in [0.25, 0.3) is 0 Å². The molecular weight excluding hydrogens is 494 g/mol. The molecule has 0 saturated carbocycles. The summed E-state index contributed by atoms with van der Waals surface area (Å²) in [5.74, 6) is -1.06. The Hall–Kier alpha value is -3.10. The maximum Gasteiger partial charge on any atom is 0.408 e. The van der Waals surface area contributed by atoms with E-state index in [-0.39, 0.29) is 6.54 Å². The Balaban J connectivity index is 2.56. The molecule has 8 nitrogen and oxygen atoms in total. The van der Waals surface area contributed by atoms with Gasteiger partial charge in [0.2, 0.25) is 5.91 Å². The fourth-order valence-electron chi connectivity index (χ4n) is 4.11. The van der Waals surface area contributed by atoms with Gasteiger partial charge >= 0.3 is 6.09 Å². The quantitative estimate of drug-likeness (QED) is 0.418. The number of ether oxygens (including phenoxy) is 1. The number of hydrogen-bond donors (Lipinski definition) is 3. The Labute approximate surface area is 224 Å². The molecule has 0 aliphatic carbocycles. The van der Waals surface area contributed by atoms with E-state index in [1.807, 2.05) is 52.0 Å². The number of carbonyl (C=O) groups is 3. The molecule has 2 rings (SSSR count). The average Bonchev–Trinajstić information content (AvgIpc) is 2.79. The van der Waals surface area contributed by atoms with Gasteiger partial charge in [0.25, 0.3) is 5.91 Å². The van der Waals surface area contributed by atoms with E-state index < -0.39 is 42.2 Å². The number of anilines is 1. The molecule has 0 heterocycles. The highest BCUT2D eigenvalue weighted by molar-refractivity contribution is 6.34. The number of aliphatic hydroxyl groups is 1. The zero-order valence-corrected chi connectivity index (χ0v) is 23.4. The molecular formula is C28H38ClN3O5. The first-order valence-electron chi connectivity index (χ1n) is 12.3. The van der Waals surface area contributed by atoms with Crippen LogP contribution >= 0.6 is 11.6 Å². The van der Waals surface area contributed by atoms with Gasteiger partial charge < -0.3 is 25.4 Å². The normalized spacial score (nSPS) is 12.9. The average molecular weight is 532 g/mol. The summed E-state index contributed by atoms with van der Waals surface area (Å²) in [5.41, 5.74) is 2.76. The molecule has 0 aliphatic heterocycles. The Bertz CT molecular complexity index is 1090. The second kappa shape index (κ2) is 12.9. The lowest BCUT2D eigenvalue weighted by Gasteiger charge is -2.35. The lowest BCUT2D eigenvalue weighted by Crippen LogP contribution is -2.54. The molecule has 0 aliphatic rings. The van der Waals surface area contributed by atoms with Crippen molar-refractivity contribution < 1.29 is 24.2 Å². The van der Waals surface area contributed by atoms with Crippen molar-refractivity contribution in [2.24, 2.45) is 0 Å². The van der Waals surface area contributed by atoms with E-state index in [0.717, 1.165) is 16.7 Å². The second-order valence-electron chi connectivity index (χ2n) is 10.0. The molecule has 202 valence electrons. The number of nitrogens with zero attached hydrogens (tertiary/aromatic N) is 1. The largest absolute Gasteiger partial charge is 0.444 e. The third-order valence-corrected chi connectivity index (χ3v) is 6.08. The van der Waals surface area contributed by atoms with Crippen LogP contribution in [0.15, 0.2) is 36.4 Å². The van der Waals surface area contributed by atoms with E-state index in [1.54, 1.807) is 32.9 Å². The topological polar surface area (TPSA) is 108 Å². The van der Waals surface area contributed by atoms with Crippen molar-refractivity contribution in [3.63, 3.8) is 0 Å². The Kier molecular flexibility index (Phi) is 10.5. The minimum atomic E-state index is -1.30. The fourth-order valence-corrected chi connectivity index (χ4v) is 4.38. The summed E-state index contributed by atoms with van der Waals surface area (Å²) in [5, 5.41) is 15.8. The smallest absolute Gasteiger partial charge is 0.408 e. The molecule has 37 heavy (non-hydrogen) atoms. The van der Waals surface area contributed by atoms with Gasteiger partial charge in [-0.15, -0.1) is 0 Å². The summed E-state index contributed by atoms with van der Waals surface area (Å²) < 4.78 is 5.27. The van der Waals surface area contributed by atoms with Gasteiger partial charge in [-0.2, -0.15) is 0 Å². The maximum absolute atomic E-state index is 13.9. The van der Waals surface area contributed by atoms with Crippen molar-refractivity contribution in [3.8, 4) is 0 Å². The van der Waals surface area contributed by atoms with E-state index >= 15 is 0 Å². The maximum atomic E-state index is 13.9. The first kappa shape index (κ1) is 30.1. The molecule has 0 aromatic heterocycles. The van der Waals surface area contributed by atoms with Crippen LogP contribution in [0.2, 0.25) is 5.02 Å². The van der Waals surface area contributed by atoms with Crippen molar-refractivity contribution in [2.45, 2.75) is 72.6 Å². The number of hydrogen-bond acceptors (Lipinski definition) is 5. The molecule has 2 unspecified atom stereocenters. The molecule has 0 fully saturated rings. The number of carbonyl (C=O) groups excluding carboxylic acids is 3. The number of nitrogens with one attached hydrogen (secondary N) is 2.